The van der Waals surface area contributed by atoms with Crippen LogP contribution in [0.4, 0.5) is 4.39 Å². The topological polar surface area (TPSA) is 76.5 Å². The van der Waals surface area contributed by atoms with E-state index in [1.807, 2.05) is 55.4 Å². The third-order valence-corrected chi connectivity index (χ3v) is 4.47. The molecule has 0 radical (unpaired) electrons. The van der Waals surface area contributed by atoms with Gasteiger partial charge in [0.1, 0.15) is 17.7 Å². The van der Waals surface area contributed by atoms with Gasteiger partial charge >= 0.3 is 0 Å². The van der Waals surface area contributed by atoms with Crippen LogP contribution in [-0.2, 0) is 6.54 Å². The quantitative estimate of drug-likeness (QED) is 0.424. The summed E-state index contributed by atoms with van der Waals surface area (Å²) in [5, 5.41) is 13.5. The van der Waals surface area contributed by atoms with Gasteiger partial charge < -0.3 is 20.3 Å². The summed E-state index contributed by atoms with van der Waals surface area (Å²) in [5.74, 6) is 0.977. The summed E-state index contributed by atoms with van der Waals surface area (Å²) in [7, 11) is 1.89. The fourth-order valence-electron chi connectivity index (χ4n) is 2.99. The Kier molecular flexibility index (Phi) is 6.97. The molecule has 6 nitrogen and oxygen atoms in total. The second-order valence-electron chi connectivity index (χ2n) is 6.70. The maximum Gasteiger partial charge on any atom is 0.194 e. The molecule has 0 aliphatic carbocycles. The molecule has 0 aliphatic heterocycles. The van der Waals surface area contributed by atoms with Crippen LogP contribution in [-0.4, -0.2) is 46.1 Å². The standard InChI is InChI=1S/C22H26FN5O/c1-3-24-22(26-14-20(29)17-11-7-8-12-18(17)23)28(2)15-21-25-13-19(27-21)16-9-5-4-6-10-16/h4-13,20,29H,3,14-15H2,1-2H3,(H,24,26)(H,25,27). The van der Waals surface area contributed by atoms with Crippen molar-refractivity contribution in [1.29, 1.82) is 0 Å². The Morgan fingerprint density at radius 3 is 2.66 bits per heavy atom. The van der Waals surface area contributed by atoms with E-state index >= 15 is 0 Å². The summed E-state index contributed by atoms with van der Waals surface area (Å²) in [4.78, 5) is 14.1. The predicted octanol–water partition coefficient (Wildman–Crippen LogP) is 3.35. The zero-order chi connectivity index (χ0) is 20.6. The van der Waals surface area contributed by atoms with Crippen molar-refractivity contribution in [2.45, 2.75) is 19.6 Å². The third kappa shape index (κ3) is 5.42. The average molecular weight is 395 g/mol. The number of imidazole rings is 1. The van der Waals surface area contributed by atoms with E-state index in [4.69, 9.17) is 0 Å². The minimum atomic E-state index is -1.01. The summed E-state index contributed by atoms with van der Waals surface area (Å²) in [6, 6.07) is 16.2. The van der Waals surface area contributed by atoms with Crippen LogP contribution in [0.2, 0.25) is 0 Å². The van der Waals surface area contributed by atoms with E-state index in [2.05, 4.69) is 20.3 Å². The molecule has 7 heteroatoms. The summed E-state index contributed by atoms with van der Waals surface area (Å²) in [6.45, 7) is 3.21. The summed E-state index contributed by atoms with van der Waals surface area (Å²) < 4.78 is 13.9. The molecule has 1 unspecified atom stereocenters. The Balaban J connectivity index is 1.68. The molecular weight excluding hydrogens is 369 g/mol. The van der Waals surface area contributed by atoms with Gasteiger partial charge in [-0.15, -0.1) is 0 Å². The van der Waals surface area contributed by atoms with Gasteiger partial charge in [0.2, 0.25) is 0 Å². The van der Waals surface area contributed by atoms with Gasteiger partial charge in [-0.3, -0.25) is 4.99 Å². The van der Waals surface area contributed by atoms with Crippen LogP contribution in [0.1, 0.15) is 24.4 Å². The van der Waals surface area contributed by atoms with Gasteiger partial charge in [-0.25, -0.2) is 9.37 Å². The van der Waals surface area contributed by atoms with Crippen molar-refractivity contribution in [3.05, 3.63) is 78.0 Å². The molecule has 0 spiro atoms. The van der Waals surface area contributed by atoms with Gasteiger partial charge in [-0.1, -0.05) is 48.5 Å². The summed E-state index contributed by atoms with van der Waals surface area (Å²) in [5.41, 5.74) is 2.27. The lowest BCUT2D eigenvalue weighted by Crippen LogP contribution is -2.39. The number of H-pyrrole nitrogens is 1. The Labute approximate surface area is 170 Å². The van der Waals surface area contributed by atoms with Crippen LogP contribution in [0.15, 0.2) is 65.8 Å². The zero-order valence-corrected chi connectivity index (χ0v) is 16.6. The first kappa shape index (κ1) is 20.5. The zero-order valence-electron chi connectivity index (χ0n) is 16.6. The molecule has 152 valence electrons. The number of aliphatic hydroxyl groups excluding tert-OH is 1. The van der Waals surface area contributed by atoms with Crippen LogP contribution >= 0.6 is 0 Å². The third-order valence-electron chi connectivity index (χ3n) is 4.47. The number of aromatic amines is 1. The maximum absolute atomic E-state index is 13.9. The minimum Gasteiger partial charge on any atom is -0.386 e. The van der Waals surface area contributed by atoms with Crippen molar-refractivity contribution in [3.63, 3.8) is 0 Å². The molecule has 1 heterocycles. The lowest BCUT2D eigenvalue weighted by molar-refractivity contribution is 0.181. The lowest BCUT2D eigenvalue weighted by Gasteiger charge is -2.21. The number of hydrogen-bond acceptors (Lipinski definition) is 3. The average Bonchev–Trinajstić information content (AvgIpc) is 3.20. The molecule has 1 atom stereocenters. The monoisotopic (exact) mass is 395 g/mol. The number of hydrogen-bond donors (Lipinski definition) is 3. The second-order valence-corrected chi connectivity index (χ2v) is 6.70. The summed E-state index contributed by atoms with van der Waals surface area (Å²) >= 11 is 0. The fraction of sp³-hybridized carbons (Fsp3) is 0.273. The van der Waals surface area contributed by atoms with E-state index in [-0.39, 0.29) is 12.1 Å². The van der Waals surface area contributed by atoms with Crippen molar-refractivity contribution >= 4 is 5.96 Å². The van der Waals surface area contributed by atoms with Gasteiger partial charge in [0, 0.05) is 19.2 Å². The van der Waals surface area contributed by atoms with E-state index < -0.39 is 11.9 Å². The van der Waals surface area contributed by atoms with Gasteiger partial charge in [0.15, 0.2) is 5.96 Å². The lowest BCUT2D eigenvalue weighted by atomic mass is 10.1. The highest BCUT2D eigenvalue weighted by Gasteiger charge is 2.14. The molecule has 0 aliphatic rings. The van der Waals surface area contributed by atoms with Crippen LogP contribution in [0.3, 0.4) is 0 Å². The van der Waals surface area contributed by atoms with Gasteiger partial charge in [0.05, 0.1) is 25.0 Å². The largest absolute Gasteiger partial charge is 0.386 e. The number of rotatable bonds is 7. The van der Waals surface area contributed by atoms with Gasteiger partial charge in [-0.05, 0) is 18.6 Å². The number of nitrogens with one attached hydrogen (secondary N) is 2. The van der Waals surface area contributed by atoms with Gasteiger partial charge in [0.25, 0.3) is 0 Å². The van der Waals surface area contributed by atoms with Crippen molar-refractivity contribution in [2.24, 2.45) is 4.99 Å². The van der Waals surface area contributed by atoms with Gasteiger partial charge in [-0.2, -0.15) is 0 Å². The number of benzene rings is 2. The number of nitrogens with zero attached hydrogens (tertiary/aromatic N) is 3. The molecule has 3 rings (SSSR count). The molecule has 29 heavy (non-hydrogen) atoms. The molecule has 0 saturated heterocycles. The number of aliphatic hydroxyl groups is 1. The highest BCUT2D eigenvalue weighted by Crippen LogP contribution is 2.18. The highest BCUT2D eigenvalue weighted by molar-refractivity contribution is 5.79. The van der Waals surface area contributed by atoms with Crippen molar-refractivity contribution in [2.75, 3.05) is 20.1 Å². The van der Waals surface area contributed by atoms with Crippen molar-refractivity contribution in [3.8, 4) is 11.3 Å². The highest BCUT2D eigenvalue weighted by atomic mass is 19.1. The molecule has 2 aromatic carbocycles. The molecule has 3 aromatic rings. The van der Waals surface area contributed by atoms with Crippen LogP contribution in [0.5, 0.6) is 0 Å². The van der Waals surface area contributed by atoms with E-state index in [0.717, 1.165) is 17.1 Å². The molecule has 3 N–H and O–H groups in total. The Bertz CT molecular complexity index is 941. The SMILES string of the molecule is CCNC(=NCC(O)c1ccccc1F)N(C)Cc1ncc(-c2ccccc2)[nH]1. The van der Waals surface area contributed by atoms with Crippen LogP contribution in [0, 0.1) is 5.82 Å². The number of halogens is 1. The van der Waals surface area contributed by atoms with E-state index in [0.29, 0.717) is 19.0 Å². The van der Waals surface area contributed by atoms with E-state index in [9.17, 15) is 9.50 Å². The Hall–Kier alpha value is -3.19. The van der Waals surface area contributed by atoms with E-state index in [1.54, 1.807) is 18.2 Å². The van der Waals surface area contributed by atoms with Crippen molar-refractivity contribution < 1.29 is 9.50 Å². The molecule has 0 fully saturated rings. The molecular formula is C22H26FN5O. The first-order valence-electron chi connectivity index (χ1n) is 9.59. The van der Waals surface area contributed by atoms with Crippen molar-refractivity contribution in [1.82, 2.24) is 20.2 Å². The normalized spacial score (nSPS) is 12.6. The van der Waals surface area contributed by atoms with Crippen LogP contribution < -0.4 is 5.32 Å². The smallest absolute Gasteiger partial charge is 0.194 e. The molecule has 0 amide bonds. The molecule has 1 aromatic heterocycles. The fourth-order valence-corrected chi connectivity index (χ4v) is 2.99. The second kappa shape index (κ2) is 9.84. The Morgan fingerprint density at radius 2 is 1.93 bits per heavy atom. The number of guanidine groups is 1. The minimum absolute atomic E-state index is 0.0566. The number of aromatic nitrogens is 2. The Morgan fingerprint density at radius 1 is 1.21 bits per heavy atom. The van der Waals surface area contributed by atoms with E-state index in [1.165, 1.54) is 6.07 Å². The first-order valence-corrected chi connectivity index (χ1v) is 9.59. The summed E-state index contributed by atoms with van der Waals surface area (Å²) in [6.07, 6.45) is 0.802. The number of aliphatic imine (C=N–C) groups is 1. The maximum atomic E-state index is 13.9. The molecule has 0 saturated carbocycles. The first-order chi connectivity index (χ1) is 14.1. The van der Waals surface area contributed by atoms with Crippen LogP contribution in [0.25, 0.3) is 11.3 Å². The predicted molar refractivity (Wildman–Crippen MR) is 113 cm³/mol. The molecule has 0 bridgehead atoms.